The lowest BCUT2D eigenvalue weighted by molar-refractivity contribution is -0.138. The topological polar surface area (TPSA) is 95.9 Å². The van der Waals surface area contributed by atoms with Crippen LogP contribution in [0.1, 0.15) is 24.0 Å². The zero-order valence-corrected chi connectivity index (χ0v) is 17.1. The van der Waals surface area contributed by atoms with Crippen LogP contribution >= 0.6 is 23.2 Å². The first kappa shape index (κ1) is 23.8. The van der Waals surface area contributed by atoms with Crippen molar-refractivity contribution >= 4 is 35.3 Å². The quantitative estimate of drug-likeness (QED) is 0.640. The second kappa shape index (κ2) is 12.2. The van der Waals surface area contributed by atoms with E-state index in [-0.39, 0.29) is 17.9 Å². The lowest BCUT2D eigenvalue weighted by Gasteiger charge is -2.15. The van der Waals surface area contributed by atoms with E-state index in [4.69, 9.17) is 38.2 Å². The molecule has 2 aromatic carbocycles. The lowest BCUT2D eigenvalue weighted by Crippen LogP contribution is -2.39. The van der Waals surface area contributed by atoms with Gasteiger partial charge in [-0.25, -0.2) is 4.79 Å². The highest BCUT2D eigenvalue weighted by atomic mass is 35.5. The van der Waals surface area contributed by atoms with Gasteiger partial charge in [0, 0.05) is 13.0 Å². The number of aliphatic hydroxyl groups is 1. The molecule has 152 valence electrons. The lowest BCUT2D eigenvalue weighted by atomic mass is 9.98. The number of halogens is 2. The molecule has 1 aliphatic rings. The van der Waals surface area contributed by atoms with Gasteiger partial charge in [0.2, 0.25) is 0 Å². The van der Waals surface area contributed by atoms with Crippen LogP contribution in [0.3, 0.4) is 0 Å². The van der Waals surface area contributed by atoms with Crippen LogP contribution in [0.2, 0.25) is 0 Å². The van der Waals surface area contributed by atoms with Gasteiger partial charge in [0.25, 0.3) is 0 Å². The highest BCUT2D eigenvalue weighted by Gasteiger charge is 2.29. The van der Waals surface area contributed by atoms with Crippen LogP contribution in [0.5, 0.6) is 0 Å². The highest BCUT2D eigenvalue weighted by Crippen LogP contribution is 2.44. The van der Waals surface area contributed by atoms with Crippen LogP contribution in [-0.2, 0) is 9.53 Å². The van der Waals surface area contributed by atoms with Crippen molar-refractivity contribution in [3.05, 3.63) is 59.7 Å². The molecule has 3 rings (SSSR count). The van der Waals surface area contributed by atoms with Gasteiger partial charge in [-0.2, -0.15) is 0 Å². The number of fused-ring (bicyclic) bond motifs is 3. The largest absolute Gasteiger partial charge is 0.480 e. The van der Waals surface area contributed by atoms with E-state index >= 15 is 0 Å². The zero-order valence-electron chi connectivity index (χ0n) is 15.6. The number of amides is 1. The minimum Gasteiger partial charge on any atom is -0.480 e. The third kappa shape index (κ3) is 6.12. The summed E-state index contributed by atoms with van der Waals surface area (Å²) in [5, 5.41) is 18.3. The molecule has 0 aromatic heterocycles. The molecule has 0 aliphatic heterocycles. The molecule has 1 unspecified atom stereocenters. The number of hydrogen-bond acceptors (Lipinski definition) is 4. The Hall–Kier alpha value is -2.28. The third-order valence-electron chi connectivity index (χ3n) is 4.05. The van der Waals surface area contributed by atoms with Crippen LogP contribution in [0.4, 0.5) is 4.79 Å². The Labute approximate surface area is 174 Å². The molecular formula is C20H23Cl2NO5. The fourth-order valence-electron chi connectivity index (χ4n) is 2.88. The molecule has 8 heteroatoms. The van der Waals surface area contributed by atoms with Gasteiger partial charge < -0.3 is 20.3 Å². The van der Waals surface area contributed by atoms with E-state index in [1.54, 1.807) is 0 Å². The van der Waals surface area contributed by atoms with E-state index in [0.717, 1.165) is 29.4 Å². The summed E-state index contributed by atoms with van der Waals surface area (Å²) < 4.78 is 5.25. The van der Waals surface area contributed by atoms with Crippen molar-refractivity contribution in [2.45, 2.75) is 18.9 Å². The summed E-state index contributed by atoms with van der Waals surface area (Å²) in [6.45, 7) is 1.57. The molecule has 0 heterocycles. The average Bonchev–Trinajstić information content (AvgIpc) is 3.02. The molecule has 1 amide bonds. The Morgan fingerprint density at radius 3 is 1.89 bits per heavy atom. The summed E-state index contributed by atoms with van der Waals surface area (Å²) in [6, 6.07) is 15.1. The second-order valence-electron chi connectivity index (χ2n) is 5.63. The van der Waals surface area contributed by atoms with Gasteiger partial charge in [-0.3, -0.25) is 4.79 Å². The number of hydrogen-bond donors (Lipinski definition) is 3. The van der Waals surface area contributed by atoms with Crippen LogP contribution in [0.15, 0.2) is 48.5 Å². The SMILES string of the molecule is CC(NC(=O)OCC1c2ccccc2-c2ccccc21)C(=O)O.CO.ClCCl. The maximum Gasteiger partial charge on any atom is 0.407 e. The van der Waals surface area contributed by atoms with Crippen LogP contribution in [0.25, 0.3) is 11.1 Å². The Morgan fingerprint density at radius 1 is 1.04 bits per heavy atom. The van der Waals surface area contributed by atoms with Gasteiger partial charge in [0.1, 0.15) is 12.6 Å². The van der Waals surface area contributed by atoms with E-state index in [0.29, 0.717) is 0 Å². The Bertz CT molecular complexity index is 739. The fourth-order valence-corrected chi connectivity index (χ4v) is 2.88. The van der Waals surface area contributed by atoms with E-state index in [1.807, 2.05) is 36.4 Å². The summed E-state index contributed by atoms with van der Waals surface area (Å²) in [5.74, 6) is -1.13. The molecule has 1 aliphatic carbocycles. The number of alkyl halides is 2. The number of aliphatic carboxylic acids is 1. The maximum absolute atomic E-state index is 11.7. The van der Waals surface area contributed by atoms with Crippen molar-refractivity contribution in [2.75, 3.05) is 19.1 Å². The molecule has 28 heavy (non-hydrogen) atoms. The minimum atomic E-state index is -1.10. The summed E-state index contributed by atoms with van der Waals surface area (Å²) in [6.07, 6.45) is -0.721. The number of carbonyl (C=O) groups excluding carboxylic acids is 1. The molecule has 6 nitrogen and oxygen atoms in total. The highest BCUT2D eigenvalue weighted by molar-refractivity contribution is 6.40. The van der Waals surface area contributed by atoms with Gasteiger partial charge in [-0.1, -0.05) is 48.5 Å². The monoisotopic (exact) mass is 427 g/mol. The van der Waals surface area contributed by atoms with Gasteiger partial charge in [0.15, 0.2) is 0 Å². The summed E-state index contributed by atoms with van der Waals surface area (Å²) >= 11 is 9.53. The number of rotatable bonds is 4. The second-order valence-corrected chi connectivity index (χ2v) is 6.44. The molecule has 0 saturated heterocycles. The predicted octanol–water partition coefficient (Wildman–Crippen LogP) is 4.03. The van der Waals surface area contributed by atoms with E-state index in [1.165, 1.54) is 6.92 Å². The molecule has 0 bridgehead atoms. The number of carbonyl (C=O) groups is 2. The van der Waals surface area contributed by atoms with Crippen molar-refractivity contribution in [3.63, 3.8) is 0 Å². The molecular weight excluding hydrogens is 405 g/mol. The molecule has 0 radical (unpaired) electrons. The van der Waals surface area contributed by atoms with Gasteiger partial charge in [-0.15, -0.1) is 23.2 Å². The summed E-state index contributed by atoms with van der Waals surface area (Å²) in [5.41, 5.74) is 4.53. The molecule has 0 fully saturated rings. The minimum absolute atomic E-state index is 0.0340. The molecule has 3 N–H and O–H groups in total. The first-order valence-corrected chi connectivity index (χ1v) is 9.47. The number of aliphatic hydroxyl groups excluding tert-OH is 1. The first-order chi connectivity index (χ1) is 13.5. The smallest absolute Gasteiger partial charge is 0.407 e. The van der Waals surface area contributed by atoms with Gasteiger partial charge in [0.05, 0.1) is 5.34 Å². The van der Waals surface area contributed by atoms with E-state index < -0.39 is 18.1 Å². The normalized spacial score (nSPS) is 12.2. The van der Waals surface area contributed by atoms with Crippen LogP contribution in [-0.4, -0.2) is 47.4 Å². The zero-order chi connectivity index (χ0) is 21.1. The Morgan fingerprint density at radius 2 is 1.46 bits per heavy atom. The number of ether oxygens (including phenoxy) is 1. The number of carboxylic acid groups (broad SMARTS) is 1. The maximum atomic E-state index is 11.7. The number of alkyl carbamates (subject to hydrolysis) is 1. The molecule has 2 aromatic rings. The van der Waals surface area contributed by atoms with Crippen molar-refractivity contribution in [1.29, 1.82) is 0 Å². The third-order valence-corrected chi connectivity index (χ3v) is 4.05. The number of benzene rings is 2. The molecule has 1 atom stereocenters. The van der Waals surface area contributed by atoms with E-state index in [9.17, 15) is 9.59 Å². The molecule has 0 saturated carbocycles. The molecule has 0 spiro atoms. The number of carboxylic acids is 1. The van der Waals surface area contributed by atoms with Crippen LogP contribution in [0, 0.1) is 0 Å². The fraction of sp³-hybridized carbons (Fsp3) is 0.300. The van der Waals surface area contributed by atoms with Crippen molar-refractivity contribution < 1.29 is 24.5 Å². The predicted molar refractivity (Wildman–Crippen MR) is 110 cm³/mol. The Balaban J connectivity index is 0.000000717. The van der Waals surface area contributed by atoms with Crippen molar-refractivity contribution in [2.24, 2.45) is 0 Å². The van der Waals surface area contributed by atoms with Gasteiger partial charge in [-0.05, 0) is 29.2 Å². The van der Waals surface area contributed by atoms with E-state index in [2.05, 4.69) is 17.4 Å². The van der Waals surface area contributed by atoms with Gasteiger partial charge >= 0.3 is 12.1 Å². The average molecular weight is 428 g/mol. The van der Waals surface area contributed by atoms with Crippen LogP contribution < -0.4 is 5.32 Å². The van der Waals surface area contributed by atoms with Crippen molar-refractivity contribution in [1.82, 2.24) is 5.32 Å². The van der Waals surface area contributed by atoms with Crippen molar-refractivity contribution in [3.8, 4) is 11.1 Å². The standard InChI is InChI=1S/C18H17NO4.CH2Cl2.CH4O/c1-11(17(20)21)19-18(22)23-10-16-14-8-4-2-6-12(14)13-7-3-5-9-15(13)16;2-1-3;1-2/h2-9,11,16H,10H2,1H3,(H,19,22)(H,20,21);1H2;2H,1H3. The summed E-state index contributed by atoms with van der Waals surface area (Å²) in [7, 11) is 1.00. The summed E-state index contributed by atoms with van der Waals surface area (Å²) in [4.78, 5) is 22.5. The first-order valence-electron chi connectivity index (χ1n) is 8.40. The number of nitrogens with one attached hydrogen (secondary N) is 1. The Kier molecular flexibility index (Phi) is 10.4.